The monoisotopic (exact) mass is 500 g/mol. The van der Waals surface area contributed by atoms with Crippen LogP contribution in [0.3, 0.4) is 0 Å². The van der Waals surface area contributed by atoms with Crippen LogP contribution >= 0.6 is 18.9 Å². The molecule has 0 unspecified atom stereocenters. The van der Waals surface area contributed by atoms with Crippen LogP contribution in [0.1, 0.15) is 0 Å². The maximum atomic E-state index is 15.1. The topological polar surface area (TPSA) is 34.9 Å². The molecular weight excluding hydrogens is 479 g/mol. The molecule has 172 valence electrons. The molecule has 2 heterocycles. The molecule has 1 aliphatic rings. The van der Waals surface area contributed by atoms with E-state index < -0.39 is 7.14 Å². The van der Waals surface area contributed by atoms with Gasteiger partial charge in [-0.3, -0.25) is 4.57 Å². The number of nitrogens with zero attached hydrogens (tertiary/aromatic N) is 2. The van der Waals surface area contributed by atoms with Crippen LogP contribution in [0, 0.1) is 0 Å². The SMILES string of the molecule is O=P(c1ccccc1)(c1ccccc1)c1cc2c3c(c1)nc(-c1ccccc1)n3-c1ccccc1S2. The lowest BCUT2D eigenvalue weighted by molar-refractivity contribution is 0.592. The second-order valence-corrected chi connectivity index (χ2v) is 12.7. The van der Waals surface area contributed by atoms with Crippen LogP contribution in [0.4, 0.5) is 0 Å². The zero-order valence-corrected chi connectivity index (χ0v) is 21.0. The van der Waals surface area contributed by atoms with Crippen LogP contribution in [0.15, 0.2) is 137 Å². The minimum absolute atomic E-state index is 0.804. The van der Waals surface area contributed by atoms with Gasteiger partial charge < -0.3 is 4.57 Å². The zero-order valence-electron chi connectivity index (χ0n) is 19.3. The Labute approximate surface area is 213 Å². The smallest absolute Gasteiger partial charge is 0.171 e. The molecular formula is C31H21N2OPS. The summed E-state index contributed by atoms with van der Waals surface area (Å²) in [7, 11) is -3.12. The van der Waals surface area contributed by atoms with Crippen molar-refractivity contribution in [2.75, 3.05) is 0 Å². The van der Waals surface area contributed by atoms with E-state index in [1.807, 2.05) is 84.9 Å². The van der Waals surface area contributed by atoms with Crippen LogP contribution in [0.25, 0.3) is 28.1 Å². The second kappa shape index (κ2) is 8.37. The summed E-state index contributed by atoms with van der Waals surface area (Å²) in [5.41, 5.74) is 4.10. The molecule has 1 aromatic heterocycles. The van der Waals surface area contributed by atoms with Gasteiger partial charge in [0, 0.05) is 31.3 Å². The van der Waals surface area contributed by atoms with Gasteiger partial charge in [0.25, 0.3) is 0 Å². The van der Waals surface area contributed by atoms with Gasteiger partial charge >= 0.3 is 0 Å². The Kier molecular flexibility index (Phi) is 4.99. The van der Waals surface area contributed by atoms with Crippen molar-refractivity contribution in [2.24, 2.45) is 0 Å². The first-order valence-electron chi connectivity index (χ1n) is 11.8. The summed E-state index contributed by atoms with van der Waals surface area (Å²) in [6, 6.07) is 42.5. The van der Waals surface area contributed by atoms with Crippen LogP contribution in [-0.4, -0.2) is 9.55 Å². The third-order valence-electron chi connectivity index (χ3n) is 6.66. The molecule has 3 nitrogen and oxygen atoms in total. The van der Waals surface area contributed by atoms with Crippen molar-refractivity contribution < 1.29 is 4.57 Å². The van der Waals surface area contributed by atoms with Crippen LogP contribution in [-0.2, 0) is 4.57 Å². The van der Waals surface area contributed by atoms with Gasteiger partial charge in [-0.1, -0.05) is 115 Å². The van der Waals surface area contributed by atoms with E-state index in [4.69, 9.17) is 4.98 Å². The zero-order chi connectivity index (χ0) is 24.1. The molecule has 0 fully saturated rings. The molecule has 7 rings (SSSR count). The lowest BCUT2D eigenvalue weighted by atomic mass is 10.2. The van der Waals surface area contributed by atoms with E-state index >= 15 is 4.57 Å². The number of hydrogen-bond acceptors (Lipinski definition) is 3. The summed E-state index contributed by atoms with van der Waals surface area (Å²) in [6.07, 6.45) is 0. The fourth-order valence-corrected chi connectivity index (χ4v) is 8.91. The van der Waals surface area contributed by atoms with Crippen molar-refractivity contribution >= 4 is 45.9 Å². The van der Waals surface area contributed by atoms with Crippen molar-refractivity contribution in [2.45, 2.75) is 9.79 Å². The van der Waals surface area contributed by atoms with E-state index in [-0.39, 0.29) is 0 Å². The molecule has 6 aromatic rings. The Morgan fingerprint density at radius 3 is 1.86 bits per heavy atom. The average molecular weight is 501 g/mol. The molecule has 5 aromatic carbocycles. The summed E-state index contributed by atoms with van der Waals surface area (Å²) >= 11 is 1.72. The summed E-state index contributed by atoms with van der Waals surface area (Å²) < 4.78 is 17.4. The van der Waals surface area contributed by atoms with E-state index in [0.717, 1.165) is 53.8 Å². The molecule has 0 amide bonds. The quantitative estimate of drug-likeness (QED) is 0.250. The van der Waals surface area contributed by atoms with Gasteiger partial charge in [0.1, 0.15) is 5.82 Å². The minimum atomic E-state index is -3.12. The molecule has 0 saturated heterocycles. The molecule has 5 heteroatoms. The third kappa shape index (κ3) is 3.22. The van der Waals surface area contributed by atoms with Crippen LogP contribution < -0.4 is 15.9 Å². The summed E-state index contributed by atoms with van der Waals surface area (Å²) in [5, 5.41) is 2.46. The molecule has 0 aliphatic carbocycles. The van der Waals surface area contributed by atoms with Crippen LogP contribution in [0.2, 0.25) is 0 Å². The summed E-state index contributed by atoms with van der Waals surface area (Å²) in [4.78, 5) is 7.38. The first-order chi connectivity index (χ1) is 17.7. The Hall–Kier alpha value is -3.85. The molecule has 0 radical (unpaired) electrons. The lowest BCUT2D eigenvalue weighted by Crippen LogP contribution is -2.25. The Morgan fingerprint density at radius 2 is 1.19 bits per heavy atom. The molecule has 0 N–H and O–H groups in total. The Morgan fingerprint density at radius 1 is 0.611 bits per heavy atom. The van der Waals surface area contributed by atoms with Gasteiger partial charge in [-0.25, -0.2) is 4.98 Å². The summed E-state index contributed by atoms with van der Waals surface area (Å²) in [6.45, 7) is 0. The van der Waals surface area contributed by atoms with Gasteiger partial charge in [-0.05, 0) is 24.3 Å². The largest absolute Gasteiger partial charge is 0.309 e. The molecule has 0 spiro atoms. The molecule has 0 bridgehead atoms. The standard InChI is InChI=1S/C31H21N2OPS/c34-35(23-14-6-2-7-15-23,24-16-8-3-9-17-24)25-20-26-30-29(21-25)36-28-19-11-10-18-27(28)33(30)31(32-26)22-12-4-1-5-13-22/h1-21H. The number of fused-ring (bicyclic) bond motifs is 2. The number of benzene rings is 5. The van der Waals surface area contributed by atoms with Crippen molar-refractivity contribution in [1.82, 2.24) is 9.55 Å². The van der Waals surface area contributed by atoms with Crippen molar-refractivity contribution in [3.8, 4) is 17.1 Å². The lowest BCUT2D eigenvalue weighted by Gasteiger charge is -2.23. The summed E-state index contributed by atoms with van der Waals surface area (Å²) in [5.74, 6) is 0.894. The fourth-order valence-electron chi connectivity index (χ4n) is 5.00. The van der Waals surface area contributed by atoms with Gasteiger partial charge in [0.2, 0.25) is 0 Å². The van der Waals surface area contributed by atoms with Crippen molar-refractivity contribution in [1.29, 1.82) is 0 Å². The highest BCUT2D eigenvalue weighted by molar-refractivity contribution is 7.99. The van der Waals surface area contributed by atoms with E-state index in [1.165, 1.54) is 0 Å². The molecule has 0 saturated carbocycles. The average Bonchev–Trinajstić information content (AvgIpc) is 3.35. The molecule has 0 atom stereocenters. The fraction of sp³-hybridized carbons (Fsp3) is 0. The second-order valence-electron chi connectivity index (χ2n) is 8.80. The predicted octanol–water partition coefficient (Wildman–Crippen LogP) is 6.80. The van der Waals surface area contributed by atoms with E-state index in [9.17, 15) is 0 Å². The molecule has 1 aliphatic heterocycles. The maximum absolute atomic E-state index is 15.1. The number of rotatable bonds is 4. The normalized spacial score (nSPS) is 12.4. The number of aromatic nitrogens is 2. The predicted molar refractivity (Wildman–Crippen MR) is 150 cm³/mol. The Bertz CT molecular complexity index is 1740. The first-order valence-corrected chi connectivity index (χ1v) is 14.4. The van der Waals surface area contributed by atoms with E-state index in [2.05, 4.69) is 47.0 Å². The maximum Gasteiger partial charge on any atom is 0.171 e. The van der Waals surface area contributed by atoms with Crippen LogP contribution in [0.5, 0.6) is 0 Å². The number of imidazole rings is 1. The van der Waals surface area contributed by atoms with Gasteiger partial charge in [0.05, 0.1) is 16.7 Å². The van der Waals surface area contributed by atoms with Gasteiger partial charge in [0.15, 0.2) is 7.14 Å². The van der Waals surface area contributed by atoms with Gasteiger partial charge in [-0.15, -0.1) is 0 Å². The number of hydrogen-bond donors (Lipinski definition) is 0. The van der Waals surface area contributed by atoms with Crippen molar-refractivity contribution in [3.05, 3.63) is 127 Å². The Balaban J connectivity index is 1.56. The van der Waals surface area contributed by atoms with E-state index in [0.29, 0.717) is 0 Å². The van der Waals surface area contributed by atoms with Crippen molar-refractivity contribution in [3.63, 3.8) is 0 Å². The highest BCUT2D eigenvalue weighted by Gasteiger charge is 2.33. The van der Waals surface area contributed by atoms with E-state index in [1.54, 1.807) is 11.8 Å². The highest BCUT2D eigenvalue weighted by atomic mass is 32.2. The minimum Gasteiger partial charge on any atom is -0.309 e. The first kappa shape index (κ1) is 21.4. The molecule has 36 heavy (non-hydrogen) atoms. The third-order valence-corrected chi connectivity index (χ3v) is 10.8. The number of para-hydroxylation sites is 1. The highest BCUT2D eigenvalue weighted by Crippen LogP contribution is 2.48. The van der Waals surface area contributed by atoms with Gasteiger partial charge in [-0.2, -0.15) is 0 Å².